The van der Waals surface area contributed by atoms with Crippen molar-refractivity contribution in [3.63, 3.8) is 0 Å². The lowest BCUT2D eigenvalue weighted by molar-refractivity contribution is 0.379. The van der Waals surface area contributed by atoms with E-state index in [0.717, 1.165) is 51.4 Å². The molecule has 0 saturated carbocycles. The van der Waals surface area contributed by atoms with Gasteiger partial charge in [0.15, 0.2) is 0 Å². The number of fused-ring (bicyclic) bond motifs is 6. The van der Waals surface area contributed by atoms with Crippen LogP contribution in [0.4, 0.5) is 5.69 Å². The van der Waals surface area contributed by atoms with Crippen molar-refractivity contribution < 1.29 is 0 Å². The monoisotopic (exact) mass is 769 g/mol. The van der Waals surface area contributed by atoms with Gasteiger partial charge in [-0.15, -0.1) is 0 Å². The predicted octanol–water partition coefficient (Wildman–Crippen LogP) is 14.8. The molecule has 0 aromatic heterocycles. The van der Waals surface area contributed by atoms with Crippen LogP contribution < -0.4 is 4.90 Å². The summed E-state index contributed by atoms with van der Waals surface area (Å²) in [6.45, 7) is 11.4. The van der Waals surface area contributed by atoms with Gasteiger partial charge in [-0.2, -0.15) is 0 Å². The summed E-state index contributed by atoms with van der Waals surface area (Å²) in [6.07, 6.45) is 58.5. The van der Waals surface area contributed by atoms with Crippen LogP contribution in [0, 0.1) is 17.8 Å². The Bertz CT molecular complexity index is 2480. The molecule has 0 saturated heterocycles. The van der Waals surface area contributed by atoms with Crippen molar-refractivity contribution in [2.45, 2.75) is 94.9 Å². The van der Waals surface area contributed by atoms with Gasteiger partial charge in [0.05, 0.1) is 6.04 Å². The topological polar surface area (TPSA) is 3.24 Å². The molecule has 6 atom stereocenters. The van der Waals surface area contributed by atoms with E-state index in [2.05, 4.69) is 190 Å². The molecule has 8 aliphatic carbocycles. The first kappa shape index (κ1) is 37.8. The van der Waals surface area contributed by atoms with Gasteiger partial charge in [-0.05, 0) is 127 Å². The summed E-state index contributed by atoms with van der Waals surface area (Å²) in [4.78, 5) is 2.72. The smallest absolute Gasteiger partial charge is 0.0528 e. The maximum Gasteiger partial charge on any atom is 0.0528 e. The molecule has 1 nitrogen and oxygen atoms in total. The average molecular weight is 770 g/mol. The molecule has 2 aromatic rings. The first-order chi connectivity index (χ1) is 28.9. The Morgan fingerprint density at radius 1 is 0.831 bits per heavy atom. The lowest BCUT2D eigenvalue weighted by Crippen LogP contribution is -2.40. The molecule has 0 N–H and O–H groups in total. The highest BCUT2D eigenvalue weighted by atomic mass is 15.2. The summed E-state index contributed by atoms with van der Waals surface area (Å²) in [7, 11) is 0. The molecule has 0 amide bonds. The molecule has 296 valence electrons. The Hall–Kier alpha value is -5.40. The largest absolute Gasteiger partial charge is 0.335 e. The molecular formula is C58H59N. The van der Waals surface area contributed by atoms with Crippen molar-refractivity contribution in [3.05, 3.63) is 221 Å². The number of benzene rings is 2. The van der Waals surface area contributed by atoms with Crippen molar-refractivity contribution in [2.75, 3.05) is 4.90 Å². The first-order valence-corrected chi connectivity index (χ1v) is 22.5. The standard InChI is InChI=1S/C58H59N/c1-5-17-45(18-6-2)58(39-40-19-9-7-10-20-40)54-34-28-44(41-21-11-8-12-22-41)36-52(54)51-33-31-48(38-56(51)58)59(46-29-27-42-23-13-14-24-43(42)35-46)47-30-32-50-49-25-15-16-26-53(49)57(3,4)55(50)37-47/h5-9,11,13-15,17-19,21,23-25,27-34,36-38,42-43,46,51,56H,1,10,12,16,20,22,26,35,39H2,2-4H3/b18-6-,45-17+. The summed E-state index contributed by atoms with van der Waals surface area (Å²) in [5.74, 6) is 1.43. The number of hydrogen-bond donors (Lipinski definition) is 0. The van der Waals surface area contributed by atoms with Crippen LogP contribution in [0.1, 0.15) is 106 Å². The molecule has 10 rings (SSSR count). The SMILES string of the molecule is C=C/C=C(\C=C/C)C1(CC2=CC=CCC2)c2ccc(C3=CC=CCC3)cc2C2C=CC(N(c3ccc4c(c3)C(C)(C)C3=C4C=CCC3)C3C=CC4C=CC=CC4C3)=CC21. The lowest BCUT2D eigenvalue weighted by Gasteiger charge is -2.43. The Kier molecular flexibility index (Phi) is 9.83. The molecule has 0 bridgehead atoms. The Morgan fingerprint density at radius 2 is 1.68 bits per heavy atom. The number of rotatable bonds is 9. The van der Waals surface area contributed by atoms with E-state index < -0.39 is 0 Å². The van der Waals surface area contributed by atoms with Gasteiger partial charge in [-0.3, -0.25) is 0 Å². The summed E-state index contributed by atoms with van der Waals surface area (Å²) < 4.78 is 0. The van der Waals surface area contributed by atoms with Gasteiger partial charge in [0.25, 0.3) is 0 Å². The molecule has 8 aliphatic rings. The van der Waals surface area contributed by atoms with Gasteiger partial charge in [0, 0.05) is 40.0 Å². The second kappa shape index (κ2) is 15.3. The lowest BCUT2D eigenvalue weighted by atomic mass is 9.62. The first-order valence-electron chi connectivity index (χ1n) is 22.5. The van der Waals surface area contributed by atoms with Crippen LogP contribution in [-0.4, -0.2) is 6.04 Å². The van der Waals surface area contributed by atoms with Gasteiger partial charge in [0.1, 0.15) is 0 Å². The van der Waals surface area contributed by atoms with Gasteiger partial charge in [0.2, 0.25) is 0 Å². The van der Waals surface area contributed by atoms with Gasteiger partial charge < -0.3 is 4.90 Å². The summed E-state index contributed by atoms with van der Waals surface area (Å²) >= 11 is 0. The Balaban J connectivity index is 1.16. The Labute approximate surface area is 353 Å². The molecule has 0 fully saturated rings. The number of allylic oxidation sites excluding steroid dienone is 25. The quantitative estimate of drug-likeness (QED) is 0.181. The zero-order valence-corrected chi connectivity index (χ0v) is 35.3. The fourth-order valence-corrected chi connectivity index (χ4v) is 12.1. The minimum Gasteiger partial charge on any atom is -0.335 e. The van der Waals surface area contributed by atoms with E-state index >= 15 is 0 Å². The van der Waals surface area contributed by atoms with E-state index in [9.17, 15) is 0 Å². The highest BCUT2D eigenvalue weighted by molar-refractivity contribution is 5.88. The number of nitrogens with zero attached hydrogens (tertiary/aromatic N) is 1. The van der Waals surface area contributed by atoms with E-state index in [1.165, 1.54) is 61.5 Å². The molecule has 0 radical (unpaired) electrons. The van der Waals surface area contributed by atoms with Crippen LogP contribution in [0.5, 0.6) is 0 Å². The zero-order chi connectivity index (χ0) is 40.1. The van der Waals surface area contributed by atoms with E-state index in [1.54, 1.807) is 5.57 Å². The van der Waals surface area contributed by atoms with Crippen molar-refractivity contribution in [1.29, 1.82) is 0 Å². The van der Waals surface area contributed by atoms with Crippen LogP contribution in [0.3, 0.4) is 0 Å². The third-order valence-electron chi connectivity index (χ3n) is 15.0. The van der Waals surface area contributed by atoms with Gasteiger partial charge in [-0.1, -0.05) is 177 Å². The van der Waals surface area contributed by atoms with E-state index in [1.807, 2.05) is 6.08 Å². The van der Waals surface area contributed by atoms with Crippen LogP contribution in [0.15, 0.2) is 193 Å². The average Bonchev–Trinajstić information content (AvgIpc) is 3.68. The van der Waals surface area contributed by atoms with Crippen LogP contribution in [0.2, 0.25) is 0 Å². The molecule has 1 heteroatoms. The van der Waals surface area contributed by atoms with Crippen LogP contribution in [-0.2, 0) is 10.8 Å². The van der Waals surface area contributed by atoms with E-state index in [-0.39, 0.29) is 28.7 Å². The maximum absolute atomic E-state index is 4.30. The maximum atomic E-state index is 4.30. The second-order valence-corrected chi connectivity index (χ2v) is 18.5. The third-order valence-corrected chi connectivity index (χ3v) is 15.0. The van der Waals surface area contributed by atoms with Crippen molar-refractivity contribution in [1.82, 2.24) is 0 Å². The Morgan fingerprint density at radius 3 is 2.49 bits per heavy atom. The fourth-order valence-electron chi connectivity index (χ4n) is 12.1. The third kappa shape index (κ3) is 6.35. The molecule has 59 heavy (non-hydrogen) atoms. The number of hydrogen-bond acceptors (Lipinski definition) is 1. The summed E-state index contributed by atoms with van der Waals surface area (Å²) in [5.41, 5.74) is 17.0. The minimum atomic E-state index is -0.265. The molecular weight excluding hydrogens is 711 g/mol. The normalized spacial score (nSPS) is 29.4. The highest BCUT2D eigenvalue weighted by Crippen LogP contribution is 2.61. The molecule has 6 unspecified atom stereocenters. The van der Waals surface area contributed by atoms with Crippen LogP contribution >= 0.6 is 0 Å². The number of anilines is 1. The summed E-state index contributed by atoms with van der Waals surface area (Å²) in [6, 6.07) is 15.2. The molecule has 0 spiro atoms. The highest BCUT2D eigenvalue weighted by Gasteiger charge is 2.53. The zero-order valence-electron chi connectivity index (χ0n) is 35.3. The predicted molar refractivity (Wildman–Crippen MR) is 252 cm³/mol. The van der Waals surface area contributed by atoms with E-state index in [0.29, 0.717) is 11.8 Å². The fraction of sp³-hybridized carbons (Fsp3) is 0.310. The second-order valence-electron chi connectivity index (χ2n) is 18.5. The van der Waals surface area contributed by atoms with Crippen LogP contribution in [0.25, 0.3) is 11.1 Å². The minimum absolute atomic E-state index is 0.00590. The van der Waals surface area contributed by atoms with Gasteiger partial charge >= 0.3 is 0 Å². The molecule has 0 heterocycles. The van der Waals surface area contributed by atoms with Crippen molar-refractivity contribution in [3.8, 4) is 0 Å². The van der Waals surface area contributed by atoms with Crippen molar-refractivity contribution >= 4 is 16.8 Å². The molecule has 2 aromatic carbocycles. The van der Waals surface area contributed by atoms with Crippen molar-refractivity contribution in [2.24, 2.45) is 17.8 Å². The van der Waals surface area contributed by atoms with E-state index in [4.69, 9.17) is 0 Å². The summed E-state index contributed by atoms with van der Waals surface area (Å²) in [5, 5.41) is 0. The van der Waals surface area contributed by atoms with Gasteiger partial charge in [-0.25, -0.2) is 0 Å². The molecule has 0 aliphatic heterocycles.